The zero-order valence-electron chi connectivity index (χ0n) is 9.13. The minimum Gasteiger partial charge on any atom is -0.236 e. The highest BCUT2D eigenvalue weighted by atomic mass is 15.1. The van der Waals surface area contributed by atoms with Gasteiger partial charge in [0.1, 0.15) is 18.1 Å². The molecule has 0 spiro atoms. The summed E-state index contributed by atoms with van der Waals surface area (Å²) in [6.45, 7) is 3.32. The van der Waals surface area contributed by atoms with Crippen molar-refractivity contribution < 1.29 is 4.57 Å². The Morgan fingerprint density at radius 2 is 2.00 bits per heavy atom. The van der Waals surface area contributed by atoms with E-state index in [1.54, 1.807) is 0 Å². The molecular weight excluding hydrogens is 184 g/mol. The number of benzene rings is 1. The van der Waals surface area contributed by atoms with Crippen LogP contribution in [-0.2, 0) is 6.54 Å². The second-order valence-corrected chi connectivity index (χ2v) is 3.75. The van der Waals surface area contributed by atoms with Gasteiger partial charge in [-0.15, -0.1) is 0 Å². The molecule has 2 rings (SSSR count). The van der Waals surface area contributed by atoms with Crippen LogP contribution in [-0.4, -0.2) is 4.57 Å². The monoisotopic (exact) mass is 201 g/mol. The Hall–Kier alpha value is -1.57. The molecule has 1 aromatic carbocycles. The summed E-state index contributed by atoms with van der Waals surface area (Å²) >= 11 is 0. The first kappa shape index (κ1) is 9.97. The molecule has 0 radical (unpaired) electrons. The minimum absolute atomic E-state index is 1.11. The van der Waals surface area contributed by atoms with Gasteiger partial charge in [0, 0.05) is 0 Å². The van der Waals surface area contributed by atoms with Crippen LogP contribution in [0.2, 0.25) is 0 Å². The van der Waals surface area contributed by atoms with Gasteiger partial charge in [-0.2, -0.15) is 0 Å². The summed E-state index contributed by atoms with van der Waals surface area (Å²) in [4.78, 5) is 0. The maximum absolute atomic E-state index is 2.23. The molecule has 0 aliphatic heterocycles. The summed E-state index contributed by atoms with van der Waals surface area (Å²) in [6, 6.07) is 10.4. The van der Waals surface area contributed by atoms with Gasteiger partial charge in [-0.25, -0.2) is 9.13 Å². The number of rotatable bonds is 4. The molecule has 0 amide bonds. The Morgan fingerprint density at radius 1 is 1.20 bits per heavy atom. The zero-order chi connectivity index (χ0) is 10.5. The molecule has 0 saturated carbocycles. The second kappa shape index (κ2) is 4.78. The van der Waals surface area contributed by atoms with Crippen LogP contribution in [0.15, 0.2) is 49.1 Å². The van der Waals surface area contributed by atoms with Crippen LogP contribution in [0.5, 0.6) is 0 Å². The largest absolute Gasteiger partial charge is 0.248 e. The Balaban J connectivity index is 2.14. The lowest BCUT2D eigenvalue weighted by Crippen LogP contribution is -2.30. The molecule has 1 aromatic heterocycles. The Morgan fingerprint density at radius 3 is 2.73 bits per heavy atom. The number of imidazole rings is 1. The summed E-state index contributed by atoms with van der Waals surface area (Å²) in [5, 5.41) is 0. The molecule has 78 valence electrons. The highest BCUT2D eigenvalue weighted by Crippen LogP contribution is 2.04. The van der Waals surface area contributed by atoms with Crippen molar-refractivity contribution in [1.29, 1.82) is 0 Å². The van der Waals surface area contributed by atoms with Gasteiger partial charge < -0.3 is 0 Å². The van der Waals surface area contributed by atoms with Crippen molar-refractivity contribution in [2.75, 3.05) is 0 Å². The molecular formula is C13H17N2+. The van der Waals surface area contributed by atoms with Gasteiger partial charge in [0.15, 0.2) is 0 Å². The van der Waals surface area contributed by atoms with Crippen LogP contribution in [0.1, 0.15) is 19.8 Å². The summed E-state index contributed by atoms with van der Waals surface area (Å²) in [5.41, 5.74) is 1.22. The third kappa shape index (κ3) is 2.46. The molecule has 0 aliphatic rings. The van der Waals surface area contributed by atoms with E-state index in [2.05, 4.69) is 59.0 Å². The van der Waals surface area contributed by atoms with Gasteiger partial charge >= 0.3 is 0 Å². The number of para-hydroxylation sites is 1. The first-order chi connectivity index (χ1) is 7.40. The SMILES string of the molecule is CCCC[n+]1ccn(-c2ccccc2)c1. The third-order valence-electron chi connectivity index (χ3n) is 2.52. The maximum Gasteiger partial charge on any atom is 0.248 e. The van der Waals surface area contributed by atoms with Crippen molar-refractivity contribution in [3.8, 4) is 5.69 Å². The van der Waals surface area contributed by atoms with Crippen LogP contribution in [0, 0.1) is 0 Å². The van der Waals surface area contributed by atoms with Crippen molar-refractivity contribution in [3.05, 3.63) is 49.1 Å². The second-order valence-electron chi connectivity index (χ2n) is 3.75. The van der Waals surface area contributed by atoms with E-state index in [0.29, 0.717) is 0 Å². The zero-order valence-corrected chi connectivity index (χ0v) is 9.13. The van der Waals surface area contributed by atoms with E-state index < -0.39 is 0 Å². The van der Waals surface area contributed by atoms with Crippen molar-refractivity contribution in [3.63, 3.8) is 0 Å². The number of aryl methyl sites for hydroxylation is 1. The molecule has 2 aromatic rings. The average Bonchev–Trinajstić information content (AvgIpc) is 2.76. The molecule has 0 atom stereocenters. The highest BCUT2D eigenvalue weighted by Gasteiger charge is 2.04. The lowest BCUT2D eigenvalue weighted by Gasteiger charge is -1.94. The maximum atomic E-state index is 2.23. The van der Waals surface area contributed by atoms with Crippen LogP contribution in [0.3, 0.4) is 0 Å². The van der Waals surface area contributed by atoms with E-state index in [1.807, 2.05) is 6.07 Å². The fourth-order valence-corrected chi connectivity index (χ4v) is 1.62. The van der Waals surface area contributed by atoms with Crippen molar-refractivity contribution in [2.45, 2.75) is 26.3 Å². The Kier molecular flexibility index (Phi) is 3.18. The van der Waals surface area contributed by atoms with E-state index in [9.17, 15) is 0 Å². The summed E-state index contributed by atoms with van der Waals surface area (Å²) in [6.07, 6.45) is 8.85. The quantitative estimate of drug-likeness (QED) is 0.672. The van der Waals surface area contributed by atoms with Crippen molar-refractivity contribution >= 4 is 0 Å². The fraction of sp³-hybridized carbons (Fsp3) is 0.308. The Labute approximate surface area is 90.8 Å². The lowest BCUT2D eigenvalue weighted by molar-refractivity contribution is -0.696. The third-order valence-corrected chi connectivity index (χ3v) is 2.52. The van der Waals surface area contributed by atoms with Crippen LogP contribution >= 0.6 is 0 Å². The first-order valence-electron chi connectivity index (χ1n) is 5.52. The Bertz CT molecular complexity index is 403. The van der Waals surface area contributed by atoms with Crippen LogP contribution in [0.25, 0.3) is 5.69 Å². The van der Waals surface area contributed by atoms with Crippen molar-refractivity contribution in [1.82, 2.24) is 4.57 Å². The van der Waals surface area contributed by atoms with Gasteiger partial charge in [0.25, 0.3) is 0 Å². The van der Waals surface area contributed by atoms with E-state index in [-0.39, 0.29) is 0 Å². The van der Waals surface area contributed by atoms with E-state index >= 15 is 0 Å². The predicted molar refractivity (Wildman–Crippen MR) is 60.9 cm³/mol. The minimum atomic E-state index is 1.11. The molecule has 0 fully saturated rings. The molecule has 15 heavy (non-hydrogen) atoms. The summed E-state index contributed by atoms with van der Waals surface area (Å²) in [5.74, 6) is 0. The van der Waals surface area contributed by atoms with Crippen molar-refractivity contribution in [2.24, 2.45) is 0 Å². The van der Waals surface area contributed by atoms with Gasteiger partial charge in [-0.05, 0) is 18.6 Å². The lowest BCUT2D eigenvalue weighted by atomic mass is 10.3. The van der Waals surface area contributed by atoms with Gasteiger partial charge in [0.05, 0.1) is 6.54 Å². The van der Waals surface area contributed by atoms with E-state index in [4.69, 9.17) is 0 Å². The van der Waals surface area contributed by atoms with Gasteiger partial charge in [-0.1, -0.05) is 31.5 Å². The fourth-order valence-electron chi connectivity index (χ4n) is 1.62. The molecule has 0 bridgehead atoms. The number of hydrogen-bond acceptors (Lipinski definition) is 0. The normalized spacial score (nSPS) is 10.5. The molecule has 0 N–H and O–H groups in total. The predicted octanol–water partition coefficient (Wildman–Crippen LogP) is 2.56. The first-order valence-corrected chi connectivity index (χ1v) is 5.52. The standard InChI is InChI=1S/C13H17N2/c1-2-3-9-14-10-11-15(12-14)13-7-5-4-6-8-13/h4-8,10-12H,2-3,9H2,1H3/q+1. The van der Waals surface area contributed by atoms with Gasteiger partial charge in [0.2, 0.25) is 6.33 Å². The number of hydrogen-bond donors (Lipinski definition) is 0. The molecule has 0 saturated heterocycles. The summed E-state index contributed by atoms with van der Waals surface area (Å²) < 4.78 is 4.38. The van der Waals surface area contributed by atoms with Gasteiger partial charge in [-0.3, -0.25) is 0 Å². The molecule has 2 nitrogen and oxygen atoms in total. The van der Waals surface area contributed by atoms with E-state index in [0.717, 1.165) is 6.54 Å². The smallest absolute Gasteiger partial charge is 0.236 e. The topological polar surface area (TPSA) is 8.81 Å². The van der Waals surface area contributed by atoms with Crippen LogP contribution < -0.4 is 4.57 Å². The van der Waals surface area contributed by atoms with E-state index in [1.165, 1.54) is 18.5 Å². The molecule has 0 aliphatic carbocycles. The molecule has 0 unspecified atom stereocenters. The molecule has 1 heterocycles. The average molecular weight is 201 g/mol. The summed E-state index contributed by atoms with van der Waals surface area (Å²) in [7, 11) is 0. The highest BCUT2D eigenvalue weighted by molar-refractivity contribution is 5.30. The number of nitrogens with zero attached hydrogens (tertiary/aromatic N) is 2. The molecule has 2 heteroatoms. The number of aromatic nitrogens is 2. The van der Waals surface area contributed by atoms with Crippen LogP contribution in [0.4, 0.5) is 0 Å². The number of unbranched alkanes of at least 4 members (excludes halogenated alkanes) is 1.